The van der Waals surface area contributed by atoms with Gasteiger partial charge in [0.05, 0.1) is 18.3 Å². The van der Waals surface area contributed by atoms with Crippen LogP contribution in [0.5, 0.6) is 0 Å². The monoisotopic (exact) mass is 246 g/mol. The zero-order chi connectivity index (χ0) is 12.8. The molecule has 0 atom stereocenters. The molecule has 0 saturated heterocycles. The van der Waals surface area contributed by atoms with E-state index in [1.165, 1.54) is 6.21 Å². The molecule has 2 rings (SSSR count). The van der Waals surface area contributed by atoms with Crippen LogP contribution < -0.4 is 11.2 Å². The number of rotatable bonds is 4. The SMILES string of the molecule is Nc1nonc1CC(=O)NN=Cc1ccccn1. The van der Waals surface area contributed by atoms with E-state index in [1.54, 1.807) is 18.3 Å². The molecule has 0 spiro atoms. The second kappa shape index (κ2) is 5.53. The first-order chi connectivity index (χ1) is 8.75. The maximum Gasteiger partial charge on any atom is 0.246 e. The predicted molar refractivity (Wildman–Crippen MR) is 62.4 cm³/mol. The number of nitrogen functional groups attached to an aromatic ring is 1. The Labute approximate surface area is 102 Å². The van der Waals surface area contributed by atoms with Crippen LogP contribution >= 0.6 is 0 Å². The highest BCUT2D eigenvalue weighted by Gasteiger charge is 2.10. The molecule has 0 radical (unpaired) electrons. The maximum atomic E-state index is 11.4. The van der Waals surface area contributed by atoms with Gasteiger partial charge in [-0.25, -0.2) is 10.1 Å². The van der Waals surface area contributed by atoms with E-state index in [4.69, 9.17) is 5.73 Å². The molecule has 2 aromatic heterocycles. The summed E-state index contributed by atoms with van der Waals surface area (Å²) in [7, 11) is 0. The minimum absolute atomic E-state index is 0.0467. The quantitative estimate of drug-likeness (QED) is 0.566. The van der Waals surface area contributed by atoms with Gasteiger partial charge < -0.3 is 5.73 Å². The van der Waals surface area contributed by atoms with E-state index < -0.39 is 0 Å². The van der Waals surface area contributed by atoms with Gasteiger partial charge in [0.25, 0.3) is 0 Å². The van der Waals surface area contributed by atoms with Crippen LogP contribution in [0.4, 0.5) is 5.82 Å². The number of amides is 1. The molecule has 0 aliphatic heterocycles. The predicted octanol–water partition coefficient (Wildman–Crippen LogP) is -0.260. The number of nitrogens with two attached hydrogens (primary N) is 1. The molecule has 0 bridgehead atoms. The van der Waals surface area contributed by atoms with Crippen LogP contribution in [0.25, 0.3) is 0 Å². The van der Waals surface area contributed by atoms with Gasteiger partial charge in [0.2, 0.25) is 5.91 Å². The van der Waals surface area contributed by atoms with Crippen LogP contribution in [-0.2, 0) is 11.2 Å². The fourth-order valence-corrected chi connectivity index (χ4v) is 1.15. The fourth-order valence-electron chi connectivity index (χ4n) is 1.15. The third-order valence-corrected chi connectivity index (χ3v) is 1.99. The first-order valence-corrected chi connectivity index (χ1v) is 5.05. The van der Waals surface area contributed by atoms with E-state index in [0.717, 1.165) is 0 Å². The van der Waals surface area contributed by atoms with Crippen molar-refractivity contribution in [1.29, 1.82) is 0 Å². The minimum Gasteiger partial charge on any atom is -0.379 e. The van der Waals surface area contributed by atoms with Crippen LogP contribution in [0.15, 0.2) is 34.1 Å². The van der Waals surface area contributed by atoms with Crippen LogP contribution in [-0.4, -0.2) is 27.4 Å². The lowest BCUT2D eigenvalue weighted by atomic mass is 10.3. The number of anilines is 1. The van der Waals surface area contributed by atoms with Crippen molar-refractivity contribution in [3.63, 3.8) is 0 Å². The summed E-state index contributed by atoms with van der Waals surface area (Å²) in [6.07, 6.45) is 3.02. The molecule has 0 aliphatic carbocycles. The first kappa shape index (κ1) is 11.7. The van der Waals surface area contributed by atoms with Gasteiger partial charge in [-0.05, 0) is 17.3 Å². The summed E-state index contributed by atoms with van der Waals surface area (Å²) in [5.74, 6) is -0.275. The van der Waals surface area contributed by atoms with Crippen LogP contribution in [0.1, 0.15) is 11.4 Å². The molecule has 8 nitrogen and oxygen atoms in total. The lowest BCUT2D eigenvalue weighted by molar-refractivity contribution is -0.120. The number of nitrogens with zero attached hydrogens (tertiary/aromatic N) is 4. The van der Waals surface area contributed by atoms with Crippen LogP contribution in [0, 0.1) is 0 Å². The van der Waals surface area contributed by atoms with E-state index in [1.807, 2.05) is 6.07 Å². The van der Waals surface area contributed by atoms with Gasteiger partial charge in [-0.3, -0.25) is 9.78 Å². The number of aromatic nitrogens is 3. The van der Waals surface area contributed by atoms with Crippen molar-refractivity contribution < 1.29 is 9.42 Å². The molecular formula is C10H10N6O2. The summed E-state index contributed by atoms with van der Waals surface area (Å²) in [6.45, 7) is 0. The van der Waals surface area contributed by atoms with E-state index in [2.05, 4.69) is 30.5 Å². The van der Waals surface area contributed by atoms with E-state index in [9.17, 15) is 4.79 Å². The van der Waals surface area contributed by atoms with Gasteiger partial charge in [0, 0.05) is 6.20 Å². The molecule has 0 aliphatic rings. The number of nitrogens with one attached hydrogen (secondary N) is 1. The summed E-state index contributed by atoms with van der Waals surface area (Å²) in [4.78, 5) is 15.5. The average Bonchev–Trinajstić information content (AvgIpc) is 2.76. The highest BCUT2D eigenvalue weighted by molar-refractivity contribution is 5.82. The van der Waals surface area contributed by atoms with Crippen molar-refractivity contribution in [2.75, 3.05) is 5.73 Å². The smallest absolute Gasteiger partial charge is 0.246 e. The van der Waals surface area contributed by atoms with Crippen molar-refractivity contribution in [3.05, 3.63) is 35.8 Å². The normalized spacial score (nSPS) is 10.7. The van der Waals surface area contributed by atoms with Gasteiger partial charge in [-0.15, -0.1) is 0 Å². The number of hydrogen-bond acceptors (Lipinski definition) is 7. The zero-order valence-electron chi connectivity index (χ0n) is 9.28. The molecule has 0 fully saturated rings. The Morgan fingerprint density at radius 3 is 3.06 bits per heavy atom. The fraction of sp³-hybridized carbons (Fsp3) is 0.100. The Hall–Kier alpha value is -2.77. The largest absolute Gasteiger partial charge is 0.379 e. The molecule has 0 unspecified atom stereocenters. The number of hydrogen-bond donors (Lipinski definition) is 2. The maximum absolute atomic E-state index is 11.4. The summed E-state index contributed by atoms with van der Waals surface area (Å²) >= 11 is 0. The highest BCUT2D eigenvalue weighted by atomic mass is 16.6. The Morgan fingerprint density at radius 2 is 2.39 bits per heavy atom. The number of carbonyl (C=O) groups excluding carboxylic acids is 1. The third kappa shape index (κ3) is 3.11. The van der Waals surface area contributed by atoms with Gasteiger partial charge in [-0.1, -0.05) is 11.2 Å². The van der Waals surface area contributed by atoms with Gasteiger partial charge >= 0.3 is 0 Å². The van der Waals surface area contributed by atoms with Crippen molar-refractivity contribution in [1.82, 2.24) is 20.7 Å². The number of carbonyl (C=O) groups is 1. The van der Waals surface area contributed by atoms with Gasteiger partial charge in [0.1, 0.15) is 5.69 Å². The lowest BCUT2D eigenvalue weighted by Gasteiger charge is -1.96. The third-order valence-electron chi connectivity index (χ3n) is 1.99. The average molecular weight is 246 g/mol. The minimum atomic E-state index is -0.371. The Balaban J connectivity index is 1.86. The first-order valence-electron chi connectivity index (χ1n) is 5.05. The molecule has 2 aromatic rings. The topological polar surface area (TPSA) is 119 Å². The highest BCUT2D eigenvalue weighted by Crippen LogP contribution is 2.04. The molecule has 92 valence electrons. The van der Waals surface area contributed by atoms with Gasteiger partial charge in [0.15, 0.2) is 5.82 Å². The number of pyridine rings is 1. The molecule has 0 aromatic carbocycles. The molecular weight excluding hydrogens is 236 g/mol. The second-order valence-electron chi connectivity index (χ2n) is 3.32. The molecule has 3 N–H and O–H groups in total. The zero-order valence-corrected chi connectivity index (χ0v) is 9.28. The van der Waals surface area contributed by atoms with E-state index in [-0.39, 0.29) is 23.8 Å². The molecule has 8 heteroatoms. The number of hydrazone groups is 1. The summed E-state index contributed by atoms with van der Waals surface area (Å²) < 4.78 is 4.37. The standard InChI is InChI=1S/C10H10N6O2/c11-10-8(15-18-16-10)5-9(17)14-13-6-7-3-1-2-4-12-7/h1-4,6H,5H2,(H2,11,16)(H,14,17). The van der Waals surface area contributed by atoms with Crippen molar-refractivity contribution in [2.45, 2.75) is 6.42 Å². The summed E-state index contributed by atoms with van der Waals surface area (Å²) in [6, 6.07) is 5.36. The van der Waals surface area contributed by atoms with E-state index >= 15 is 0 Å². The lowest BCUT2D eigenvalue weighted by Crippen LogP contribution is -2.20. The molecule has 0 saturated carbocycles. The Bertz CT molecular complexity index is 551. The van der Waals surface area contributed by atoms with Crippen molar-refractivity contribution in [3.8, 4) is 0 Å². The summed E-state index contributed by atoms with van der Waals surface area (Å²) in [5, 5.41) is 10.6. The van der Waals surface area contributed by atoms with E-state index in [0.29, 0.717) is 5.69 Å². The van der Waals surface area contributed by atoms with Gasteiger partial charge in [-0.2, -0.15) is 5.10 Å². The molecule has 18 heavy (non-hydrogen) atoms. The molecule has 2 heterocycles. The van der Waals surface area contributed by atoms with Crippen LogP contribution in [0.2, 0.25) is 0 Å². The van der Waals surface area contributed by atoms with Crippen LogP contribution in [0.3, 0.4) is 0 Å². The second-order valence-corrected chi connectivity index (χ2v) is 3.32. The van der Waals surface area contributed by atoms with Crippen molar-refractivity contribution in [2.24, 2.45) is 5.10 Å². The Kier molecular flexibility index (Phi) is 3.59. The van der Waals surface area contributed by atoms with Crippen molar-refractivity contribution >= 4 is 17.9 Å². The Morgan fingerprint density at radius 1 is 1.50 bits per heavy atom. The molecule has 1 amide bonds. The summed E-state index contributed by atoms with van der Waals surface area (Å²) in [5.41, 5.74) is 8.65.